The van der Waals surface area contributed by atoms with Gasteiger partial charge in [0, 0.05) is 20.0 Å². The number of hydrogen-bond donors (Lipinski definition) is 1. The van der Waals surface area contributed by atoms with Crippen LogP contribution in [0.1, 0.15) is 16.8 Å². The summed E-state index contributed by atoms with van der Waals surface area (Å²) in [5.74, 6) is 0.718. The number of carbonyl (C=O) groups is 1. The third-order valence-corrected chi connectivity index (χ3v) is 2.19. The lowest BCUT2D eigenvalue weighted by Crippen LogP contribution is -2.22. The molecule has 0 bridgehead atoms. The number of hydrogen-bond acceptors (Lipinski definition) is 2. The summed E-state index contributed by atoms with van der Waals surface area (Å²) >= 11 is 0. The number of anilines is 1. The average molecular weight is 221 g/mol. The average Bonchev–Trinajstić information content (AvgIpc) is 2.25. The van der Waals surface area contributed by atoms with Crippen molar-refractivity contribution in [3.8, 4) is 12.3 Å². The van der Waals surface area contributed by atoms with Gasteiger partial charge in [0.15, 0.2) is 0 Å². The molecule has 0 unspecified atom stereocenters. The molecule has 0 aliphatic rings. The highest BCUT2D eigenvalue weighted by atomic mass is 19.1. The van der Waals surface area contributed by atoms with E-state index in [-0.39, 0.29) is 11.3 Å². The highest BCUT2D eigenvalue weighted by molar-refractivity contribution is 5.94. The van der Waals surface area contributed by atoms with Crippen molar-refractivity contribution in [1.82, 2.24) is 0 Å². The number of carboxylic acids is 1. The zero-order chi connectivity index (χ0) is 12.1. The van der Waals surface area contributed by atoms with Gasteiger partial charge in [0.1, 0.15) is 5.82 Å². The molecule has 0 saturated heterocycles. The molecule has 0 fully saturated rings. The highest BCUT2D eigenvalue weighted by Gasteiger charge is 2.17. The first-order valence-corrected chi connectivity index (χ1v) is 4.74. The van der Waals surface area contributed by atoms with Crippen molar-refractivity contribution in [1.29, 1.82) is 0 Å². The minimum absolute atomic E-state index is 0.0560. The number of benzene rings is 1. The molecule has 4 heteroatoms. The van der Waals surface area contributed by atoms with Gasteiger partial charge in [-0.25, -0.2) is 9.18 Å². The summed E-state index contributed by atoms with van der Waals surface area (Å²) in [4.78, 5) is 12.4. The Morgan fingerprint density at radius 3 is 2.88 bits per heavy atom. The van der Waals surface area contributed by atoms with E-state index in [9.17, 15) is 9.18 Å². The van der Waals surface area contributed by atoms with E-state index < -0.39 is 11.8 Å². The molecule has 1 aromatic rings. The second-order valence-corrected chi connectivity index (χ2v) is 3.32. The first kappa shape index (κ1) is 12.1. The molecule has 1 aromatic carbocycles. The molecular formula is C12H12FNO2. The Kier molecular flexibility index (Phi) is 3.90. The Morgan fingerprint density at radius 1 is 1.62 bits per heavy atom. The van der Waals surface area contributed by atoms with Gasteiger partial charge in [0.2, 0.25) is 0 Å². The molecule has 1 N–H and O–H groups in total. The lowest BCUT2D eigenvalue weighted by molar-refractivity contribution is 0.0697. The summed E-state index contributed by atoms with van der Waals surface area (Å²) in [5.41, 5.74) is 0.0183. The third kappa shape index (κ3) is 2.51. The van der Waals surface area contributed by atoms with Crippen molar-refractivity contribution in [3.05, 3.63) is 29.6 Å². The van der Waals surface area contributed by atoms with E-state index in [1.165, 1.54) is 23.1 Å². The Labute approximate surface area is 93.5 Å². The van der Waals surface area contributed by atoms with Crippen molar-refractivity contribution >= 4 is 11.7 Å². The molecule has 3 nitrogen and oxygen atoms in total. The van der Waals surface area contributed by atoms with Crippen LogP contribution >= 0.6 is 0 Å². The van der Waals surface area contributed by atoms with Gasteiger partial charge >= 0.3 is 5.97 Å². The number of halogens is 1. The number of terminal acetylenes is 1. The smallest absolute Gasteiger partial charge is 0.337 e. The van der Waals surface area contributed by atoms with Crippen LogP contribution in [0.25, 0.3) is 0 Å². The lowest BCUT2D eigenvalue weighted by Gasteiger charge is -2.20. The van der Waals surface area contributed by atoms with Crippen LogP contribution in [-0.4, -0.2) is 24.7 Å². The summed E-state index contributed by atoms with van der Waals surface area (Å²) in [6, 6.07) is 3.97. The maximum absolute atomic E-state index is 13.5. The zero-order valence-corrected chi connectivity index (χ0v) is 8.90. The Balaban J connectivity index is 3.10. The fourth-order valence-electron chi connectivity index (χ4n) is 1.42. The standard InChI is InChI=1S/C12H12FNO2/c1-3-4-8-14(2)11-9(12(15)16)6-5-7-10(11)13/h1,5-7H,4,8H2,2H3,(H,15,16). The molecule has 0 saturated carbocycles. The Hall–Kier alpha value is -2.02. The van der Waals surface area contributed by atoms with Gasteiger partial charge in [-0.2, -0.15) is 0 Å². The first-order valence-electron chi connectivity index (χ1n) is 4.74. The normalized spacial score (nSPS) is 9.56. The quantitative estimate of drug-likeness (QED) is 0.790. The Morgan fingerprint density at radius 2 is 2.31 bits per heavy atom. The summed E-state index contributed by atoms with van der Waals surface area (Å²) in [6.45, 7) is 0.414. The van der Waals surface area contributed by atoms with Crippen molar-refractivity contribution in [2.45, 2.75) is 6.42 Å². The summed E-state index contributed by atoms with van der Waals surface area (Å²) in [5, 5.41) is 8.93. The summed E-state index contributed by atoms with van der Waals surface area (Å²) < 4.78 is 13.5. The fourth-order valence-corrected chi connectivity index (χ4v) is 1.42. The predicted molar refractivity (Wildman–Crippen MR) is 60.1 cm³/mol. The van der Waals surface area contributed by atoms with Crippen LogP contribution in [-0.2, 0) is 0 Å². The van der Waals surface area contributed by atoms with Gasteiger partial charge in [0.05, 0.1) is 11.3 Å². The molecule has 0 spiro atoms. The lowest BCUT2D eigenvalue weighted by atomic mass is 10.1. The maximum Gasteiger partial charge on any atom is 0.337 e. The van der Waals surface area contributed by atoms with Crippen molar-refractivity contribution in [2.24, 2.45) is 0 Å². The number of carboxylic acid groups (broad SMARTS) is 1. The number of para-hydroxylation sites is 1. The molecule has 0 amide bonds. The topological polar surface area (TPSA) is 40.5 Å². The van der Waals surface area contributed by atoms with Crippen LogP contribution < -0.4 is 4.90 Å². The molecule has 84 valence electrons. The SMILES string of the molecule is C#CCCN(C)c1c(F)cccc1C(=O)O. The van der Waals surface area contributed by atoms with Crippen LogP contribution in [0.15, 0.2) is 18.2 Å². The Bertz CT molecular complexity index is 437. The van der Waals surface area contributed by atoms with Crippen molar-refractivity contribution < 1.29 is 14.3 Å². The van der Waals surface area contributed by atoms with E-state index in [2.05, 4.69) is 5.92 Å². The third-order valence-electron chi connectivity index (χ3n) is 2.19. The van der Waals surface area contributed by atoms with Crippen LogP contribution in [0, 0.1) is 18.2 Å². The van der Waals surface area contributed by atoms with Crippen molar-refractivity contribution in [3.63, 3.8) is 0 Å². The minimum Gasteiger partial charge on any atom is -0.478 e. The molecule has 0 aliphatic carbocycles. The monoisotopic (exact) mass is 221 g/mol. The predicted octanol–water partition coefficient (Wildman–Crippen LogP) is 1.98. The minimum atomic E-state index is -1.15. The van der Waals surface area contributed by atoms with E-state index in [1.54, 1.807) is 7.05 Å². The first-order chi connectivity index (χ1) is 7.57. The molecule has 1 rings (SSSR count). The number of nitrogens with zero attached hydrogens (tertiary/aromatic N) is 1. The van der Waals surface area contributed by atoms with Crippen LogP contribution in [0.5, 0.6) is 0 Å². The largest absolute Gasteiger partial charge is 0.478 e. The van der Waals surface area contributed by atoms with E-state index in [0.29, 0.717) is 13.0 Å². The van der Waals surface area contributed by atoms with E-state index >= 15 is 0 Å². The summed E-state index contributed by atoms with van der Waals surface area (Å²) in [7, 11) is 1.61. The van der Waals surface area contributed by atoms with Crippen molar-refractivity contribution in [2.75, 3.05) is 18.5 Å². The number of aromatic carboxylic acids is 1. The van der Waals surface area contributed by atoms with E-state index in [1.807, 2.05) is 0 Å². The zero-order valence-electron chi connectivity index (χ0n) is 8.90. The van der Waals surface area contributed by atoms with E-state index in [0.717, 1.165) is 0 Å². The van der Waals surface area contributed by atoms with Gasteiger partial charge in [0.25, 0.3) is 0 Å². The molecule has 0 atom stereocenters. The molecule has 0 aromatic heterocycles. The second-order valence-electron chi connectivity index (χ2n) is 3.32. The van der Waals surface area contributed by atoms with Gasteiger partial charge < -0.3 is 10.0 Å². The molecule has 0 radical (unpaired) electrons. The highest BCUT2D eigenvalue weighted by Crippen LogP contribution is 2.23. The van der Waals surface area contributed by atoms with Crippen LogP contribution in [0.2, 0.25) is 0 Å². The van der Waals surface area contributed by atoms with Gasteiger partial charge in [-0.3, -0.25) is 0 Å². The van der Waals surface area contributed by atoms with Crippen LogP contribution in [0.3, 0.4) is 0 Å². The molecular weight excluding hydrogens is 209 g/mol. The fraction of sp³-hybridized carbons (Fsp3) is 0.250. The molecule has 0 heterocycles. The number of rotatable bonds is 4. The second kappa shape index (κ2) is 5.17. The van der Waals surface area contributed by atoms with E-state index in [4.69, 9.17) is 11.5 Å². The summed E-state index contributed by atoms with van der Waals surface area (Å²) in [6.07, 6.45) is 5.54. The molecule has 0 aliphatic heterocycles. The van der Waals surface area contributed by atoms with Gasteiger partial charge in [-0.05, 0) is 12.1 Å². The maximum atomic E-state index is 13.5. The van der Waals surface area contributed by atoms with Crippen LogP contribution in [0.4, 0.5) is 10.1 Å². The molecule has 16 heavy (non-hydrogen) atoms. The van der Waals surface area contributed by atoms with Gasteiger partial charge in [-0.1, -0.05) is 6.07 Å². The van der Waals surface area contributed by atoms with Gasteiger partial charge in [-0.15, -0.1) is 12.3 Å².